The molecule has 0 radical (unpaired) electrons. The number of aryl methyl sites for hydroxylation is 3. The van der Waals surface area contributed by atoms with Crippen molar-refractivity contribution in [2.75, 3.05) is 26.2 Å². The standard InChI is InChI=1S/C24H31N3O2/c1-17-8-11-22(27-18(2)9-10-19(27)3)21(16-17)24(29)26-14-12-25(13-15-26)23(28)20-6-4-5-7-20/h8-11,16,20H,4-7,12-15H2,1-3H3. The smallest absolute Gasteiger partial charge is 0.256 e. The van der Waals surface area contributed by atoms with Gasteiger partial charge in [0, 0.05) is 43.5 Å². The fourth-order valence-electron chi connectivity index (χ4n) is 4.80. The summed E-state index contributed by atoms with van der Waals surface area (Å²) in [6.07, 6.45) is 4.40. The van der Waals surface area contributed by atoms with Gasteiger partial charge >= 0.3 is 0 Å². The summed E-state index contributed by atoms with van der Waals surface area (Å²) in [4.78, 5) is 30.0. The highest BCUT2D eigenvalue weighted by molar-refractivity contribution is 5.98. The van der Waals surface area contributed by atoms with E-state index in [2.05, 4.69) is 36.6 Å². The molecule has 1 aliphatic heterocycles. The normalized spacial score (nSPS) is 17.8. The number of piperazine rings is 1. The van der Waals surface area contributed by atoms with Gasteiger partial charge in [0.05, 0.1) is 11.3 Å². The molecule has 2 fully saturated rings. The zero-order valence-electron chi connectivity index (χ0n) is 17.8. The molecule has 2 amide bonds. The average molecular weight is 394 g/mol. The molecule has 1 aromatic carbocycles. The molecule has 5 nitrogen and oxygen atoms in total. The fourth-order valence-corrected chi connectivity index (χ4v) is 4.80. The Bertz CT molecular complexity index is 897. The Morgan fingerprint density at radius 2 is 1.41 bits per heavy atom. The van der Waals surface area contributed by atoms with E-state index >= 15 is 0 Å². The van der Waals surface area contributed by atoms with Crippen molar-refractivity contribution >= 4 is 11.8 Å². The second-order valence-electron chi connectivity index (χ2n) is 8.57. The van der Waals surface area contributed by atoms with Crippen molar-refractivity contribution in [2.45, 2.75) is 46.5 Å². The maximum Gasteiger partial charge on any atom is 0.256 e. The molecule has 0 bridgehead atoms. The number of carbonyl (C=O) groups is 2. The van der Waals surface area contributed by atoms with Crippen LogP contribution in [0.5, 0.6) is 0 Å². The van der Waals surface area contributed by atoms with Crippen LogP contribution in [0.2, 0.25) is 0 Å². The third-order valence-electron chi connectivity index (χ3n) is 6.48. The number of hydrogen-bond acceptors (Lipinski definition) is 2. The maximum atomic E-state index is 13.4. The summed E-state index contributed by atoms with van der Waals surface area (Å²) in [6.45, 7) is 8.65. The number of nitrogens with zero attached hydrogens (tertiary/aromatic N) is 3. The van der Waals surface area contributed by atoms with E-state index in [-0.39, 0.29) is 11.8 Å². The second kappa shape index (κ2) is 8.05. The van der Waals surface area contributed by atoms with Crippen LogP contribution in [0.1, 0.15) is 53.0 Å². The molecule has 0 unspecified atom stereocenters. The lowest BCUT2D eigenvalue weighted by Crippen LogP contribution is -2.51. The van der Waals surface area contributed by atoms with Crippen molar-refractivity contribution < 1.29 is 9.59 Å². The van der Waals surface area contributed by atoms with Crippen LogP contribution in [0.25, 0.3) is 5.69 Å². The zero-order chi connectivity index (χ0) is 20.5. The van der Waals surface area contributed by atoms with Crippen molar-refractivity contribution in [2.24, 2.45) is 5.92 Å². The monoisotopic (exact) mass is 393 g/mol. The van der Waals surface area contributed by atoms with Gasteiger partial charge in [-0.2, -0.15) is 0 Å². The van der Waals surface area contributed by atoms with E-state index in [1.54, 1.807) is 0 Å². The first-order valence-corrected chi connectivity index (χ1v) is 10.8. The number of rotatable bonds is 3. The first-order valence-electron chi connectivity index (χ1n) is 10.8. The van der Waals surface area contributed by atoms with Crippen LogP contribution in [-0.4, -0.2) is 52.4 Å². The molecule has 5 heteroatoms. The van der Waals surface area contributed by atoms with Crippen molar-refractivity contribution in [3.63, 3.8) is 0 Å². The molecule has 29 heavy (non-hydrogen) atoms. The molecule has 1 aromatic heterocycles. The molecule has 0 N–H and O–H groups in total. The molecule has 2 heterocycles. The Labute approximate surface area is 173 Å². The fraction of sp³-hybridized carbons (Fsp3) is 0.500. The quantitative estimate of drug-likeness (QED) is 0.794. The minimum absolute atomic E-state index is 0.0594. The molecule has 154 valence electrons. The van der Waals surface area contributed by atoms with E-state index in [4.69, 9.17) is 0 Å². The van der Waals surface area contributed by atoms with Gasteiger partial charge in [0.1, 0.15) is 0 Å². The van der Waals surface area contributed by atoms with Crippen molar-refractivity contribution in [3.8, 4) is 5.69 Å². The third-order valence-corrected chi connectivity index (χ3v) is 6.48. The zero-order valence-corrected chi connectivity index (χ0v) is 17.8. The first-order chi connectivity index (χ1) is 14.0. The minimum Gasteiger partial charge on any atom is -0.339 e. The second-order valence-corrected chi connectivity index (χ2v) is 8.57. The van der Waals surface area contributed by atoms with Crippen LogP contribution in [0.3, 0.4) is 0 Å². The Morgan fingerprint density at radius 3 is 2.03 bits per heavy atom. The lowest BCUT2D eigenvalue weighted by molar-refractivity contribution is -0.136. The predicted molar refractivity (Wildman–Crippen MR) is 114 cm³/mol. The van der Waals surface area contributed by atoms with Gasteiger partial charge in [0.2, 0.25) is 5.91 Å². The largest absolute Gasteiger partial charge is 0.339 e. The van der Waals surface area contributed by atoms with Gasteiger partial charge in [0.15, 0.2) is 0 Å². The Hall–Kier alpha value is -2.56. The van der Waals surface area contributed by atoms with Gasteiger partial charge in [-0.25, -0.2) is 0 Å². The van der Waals surface area contributed by atoms with Crippen LogP contribution in [0.4, 0.5) is 0 Å². The van der Waals surface area contributed by atoms with Crippen molar-refractivity contribution in [1.29, 1.82) is 0 Å². The maximum absolute atomic E-state index is 13.4. The highest BCUT2D eigenvalue weighted by Gasteiger charge is 2.31. The summed E-state index contributed by atoms with van der Waals surface area (Å²) >= 11 is 0. The van der Waals surface area contributed by atoms with Gasteiger partial charge in [-0.1, -0.05) is 24.5 Å². The van der Waals surface area contributed by atoms with Gasteiger partial charge in [-0.05, 0) is 57.9 Å². The summed E-state index contributed by atoms with van der Waals surface area (Å²) in [7, 11) is 0. The molecule has 2 aromatic rings. The Kier molecular flexibility index (Phi) is 5.48. The van der Waals surface area contributed by atoms with Crippen molar-refractivity contribution in [3.05, 3.63) is 52.8 Å². The third kappa shape index (κ3) is 3.83. The molecular formula is C24H31N3O2. The average Bonchev–Trinajstić information content (AvgIpc) is 3.38. The molecule has 1 aliphatic carbocycles. The predicted octanol–water partition coefficient (Wildman–Crippen LogP) is 3.88. The van der Waals surface area contributed by atoms with E-state index in [0.29, 0.717) is 32.1 Å². The molecule has 4 rings (SSSR count). The number of benzene rings is 1. The number of amides is 2. The molecule has 1 saturated carbocycles. The topological polar surface area (TPSA) is 45.6 Å². The van der Waals surface area contributed by atoms with Crippen LogP contribution < -0.4 is 0 Å². The van der Waals surface area contributed by atoms with E-state index < -0.39 is 0 Å². The summed E-state index contributed by atoms with van der Waals surface area (Å²) < 4.78 is 2.15. The number of carbonyl (C=O) groups excluding carboxylic acids is 2. The van der Waals surface area contributed by atoms with E-state index in [1.807, 2.05) is 28.9 Å². The number of aromatic nitrogens is 1. The lowest BCUT2D eigenvalue weighted by Gasteiger charge is -2.36. The van der Waals surface area contributed by atoms with Gasteiger partial charge in [-0.3, -0.25) is 9.59 Å². The molecule has 2 aliphatic rings. The minimum atomic E-state index is 0.0594. The summed E-state index contributed by atoms with van der Waals surface area (Å²) in [5.41, 5.74) is 4.99. The lowest BCUT2D eigenvalue weighted by atomic mass is 10.1. The highest BCUT2D eigenvalue weighted by atomic mass is 16.2. The van der Waals surface area contributed by atoms with Crippen LogP contribution in [-0.2, 0) is 4.79 Å². The van der Waals surface area contributed by atoms with Crippen LogP contribution in [0.15, 0.2) is 30.3 Å². The SMILES string of the molecule is Cc1ccc(-n2c(C)ccc2C)c(C(=O)N2CCN(C(=O)C3CCCC3)CC2)c1. The Morgan fingerprint density at radius 1 is 0.828 bits per heavy atom. The van der Waals surface area contributed by atoms with E-state index in [9.17, 15) is 9.59 Å². The van der Waals surface area contributed by atoms with E-state index in [1.165, 1.54) is 12.8 Å². The van der Waals surface area contributed by atoms with Gasteiger partial charge < -0.3 is 14.4 Å². The van der Waals surface area contributed by atoms with E-state index in [0.717, 1.165) is 41.0 Å². The van der Waals surface area contributed by atoms with Gasteiger partial charge in [0.25, 0.3) is 5.91 Å². The highest BCUT2D eigenvalue weighted by Crippen LogP contribution is 2.27. The molecule has 0 spiro atoms. The summed E-state index contributed by atoms with van der Waals surface area (Å²) in [5, 5.41) is 0. The van der Waals surface area contributed by atoms with Crippen molar-refractivity contribution in [1.82, 2.24) is 14.4 Å². The molecule has 1 saturated heterocycles. The summed E-state index contributed by atoms with van der Waals surface area (Å²) in [6, 6.07) is 10.3. The van der Waals surface area contributed by atoms with Gasteiger partial charge in [-0.15, -0.1) is 0 Å². The number of hydrogen-bond donors (Lipinski definition) is 0. The van der Waals surface area contributed by atoms with Crippen LogP contribution >= 0.6 is 0 Å². The molecule has 0 atom stereocenters. The Balaban J connectivity index is 1.52. The summed E-state index contributed by atoms with van der Waals surface area (Å²) in [5.74, 6) is 0.564. The first kappa shape index (κ1) is 19.7. The van der Waals surface area contributed by atoms with Crippen LogP contribution in [0, 0.1) is 26.7 Å². The molecular weight excluding hydrogens is 362 g/mol.